The van der Waals surface area contributed by atoms with E-state index in [1.165, 1.54) is 0 Å². The third-order valence-corrected chi connectivity index (χ3v) is 4.45. The van der Waals surface area contributed by atoms with Crippen molar-refractivity contribution in [2.45, 2.75) is 32.6 Å². The molecular weight excluding hydrogens is 422 g/mol. The summed E-state index contributed by atoms with van der Waals surface area (Å²) in [7, 11) is 0. The van der Waals surface area contributed by atoms with Crippen molar-refractivity contribution in [2.75, 3.05) is 11.9 Å². The molecule has 0 unspecified atom stereocenters. The maximum Gasteiger partial charge on any atom is 0.416 e. The van der Waals surface area contributed by atoms with E-state index in [4.69, 9.17) is 0 Å². The number of anilines is 1. The zero-order chi connectivity index (χ0) is 23.4. The van der Waals surface area contributed by atoms with Crippen LogP contribution in [-0.2, 0) is 12.4 Å². The van der Waals surface area contributed by atoms with Gasteiger partial charge in [-0.2, -0.15) is 26.3 Å². The number of urea groups is 1. The fourth-order valence-corrected chi connectivity index (χ4v) is 2.94. The number of nitrogens with one attached hydrogen (secondary N) is 2. The van der Waals surface area contributed by atoms with E-state index in [9.17, 15) is 31.1 Å². The molecule has 2 N–H and O–H groups in total. The van der Waals surface area contributed by atoms with Gasteiger partial charge in [-0.1, -0.05) is 50.8 Å². The largest absolute Gasteiger partial charge is 0.416 e. The number of benzene rings is 2. The highest BCUT2D eigenvalue weighted by Gasteiger charge is 2.37. The van der Waals surface area contributed by atoms with Crippen LogP contribution in [0, 0.1) is 5.41 Å². The van der Waals surface area contributed by atoms with Gasteiger partial charge in [0.2, 0.25) is 0 Å². The number of amides is 2. The Morgan fingerprint density at radius 1 is 0.903 bits per heavy atom. The first-order valence-electron chi connectivity index (χ1n) is 9.25. The first kappa shape index (κ1) is 24.3. The molecule has 3 nitrogen and oxygen atoms in total. The van der Waals surface area contributed by atoms with E-state index in [0.29, 0.717) is 18.6 Å². The number of hydrogen-bond acceptors (Lipinski definition) is 1. The van der Waals surface area contributed by atoms with Crippen molar-refractivity contribution in [3.63, 3.8) is 0 Å². The number of halogens is 6. The van der Waals surface area contributed by atoms with Crippen LogP contribution >= 0.6 is 0 Å². The van der Waals surface area contributed by atoms with E-state index in [1.807, 2.05) is 44.2 Å². The summed E-state index contributed by atoms with van der Waals surface area (Å²) in [5.74, 6) is 0. The molecule has 2 aromatic carbocycles. The minimum atomic E-state index is -4.99. The van der Waals surface area contributed by atoms with Gasteiger partial charge in [-0.05, 0) is 41.2 Å². The lowest BCUT2D eigenvalue weighted by Gasteiger charge is -2.26. The Balaban J connectivity index is 2.05. The van der Waals surface area contributed by atoms with E-state index in [1.54, 1.807) is 0 Å². The molecule has 0 radical (unpaired) electrons. The second kappa shape index (κ2) is 9.03. The molecule has 2 rings (SSSR count). The SMILES string of the molecule is C=C(CC(C)(C)CNC(=O)Nc1cc(C(F)(F)F)cc(C(F)(F)F)c1)c1ccccc1. The van der Waals surface area contributed by atoms with Gasteiger partial charge in [0, 0.05) is 12.2 Å². The van der Waals surface area contributed by atoms with Crippen molar-refractivity contribution in [1.29, 1.82) is 0 Å². The van der Waals surface area contributed by atoms with Gasteiger partial charge < -0.3 is 10.6 Å². The smallest absolute Gasteiger partial charge is 0.337 e. The monoisotopic (exact) mass is 444 g/mol. The van der Waals surface area contributed by atoms with Crippen molar-refractivity contribution in [1.82, 2.24) is 5.32 Å². The molecule has 0 atom stereocenters. The summed E-state index contributed by atoms with van der Waals surface area (Å²) in [6, 6.07) is 9.38. The Bertz CT molecular complexity index is 901. The number of carbonyl (C=O) groups is 1. The van der Waals surface area contributed by atoms with Gasteiger partial charge in [-0.25, -0.2) is 4.79 Å². The molecule has 31 heavy (non-hydrogen) atoms. The van der Waals surface area contributed by atoms with Crippen LogP contribution in [-0.4, -0.2) is 12.6 Å². The number of rotatable bonds is 6. The summed E-state index contributed by atoms with van der Waals surface area (Å²) in [5.41, 5.74) is -2.31. The summed E-state index contributed by atoms with van der Waals surface area (Å²) in [6.07, 6.45) is -9.47. The first-order chi connectivity index (χ1) is 14.2. The second-order valence-corrected chi connectivity index (χ2v) is 7.91. The van der Waals surface area contributed by atoms with Crippen LogP contribution in [0.4, 0.5) is 36.8 Å². The lowest BCUT2D eigenvalue weighted by atomic mass is 9.84. The zero-order valence-electron chi connectivity index (χ0n) is 16.9. The minimum absolute atomic E-state index is 0.00138. The highest BCUT2D eigenvalue weighted by atomic mass is 19.4. The average molecular weight is 444 g/mol. The fraction of sp³-hybridized carbons (Fsp3) is 0.318. The third kappa shape index (κ3) is 7.34. The van der Waals surface area contributed by atoms with E-state index in [0.717, 1.165) is 11.1 Å². The summed E-state index contributed by atoms with van der Waals surface area (Å²) in [6.45, 7) is 7.86. The standard InChI is InChI=1S/C22H22F6N2O/c1-14(15-7-5-4-6-8-15)12-20(2,3)13-29-19(31)30-18-10-16(21(23,24)25)9-17(11-18)22(26,27)28/h4-11H,1,12-13H2,2-3H3,(H2,29,30,31). The Morgan fingerprint density at radius 2 is 1.42 bits per heavy atom. The topological polar surface area (TPSA) is 41.1 Å². The van der Waals surface area contributed by atoms with E-state index < -0.39 is 40.6 Å². The summed E-state index contributed by atoms with van der Waals surface area (Å²) < 4.78 is 77.6. The van der Waals surface area contributed by atoms with Gasteiger partial charge in [0.25, 0.3) is 0 Å². The molecule has 0 saturated heterocycles. The number of allylic oxidation sites excluding steroid dienone is 1. The molecule has 0 aliphatic heterocycles. The summed E-state index contributed by atoms with van der Waals surface area (Å²) in [5, 5.41) is 4.54. The van der Waals surface area contributed by atoms with Crippen molar-refractivity contribution in [3.05, 3.63) is 71.8 Å². The quantitative estimate of drug-likeness (QED) is 0.464. The zero-order valence-corrected chi connectivity index (χ0v) is 16.9. The second-order valence-electron chi connectivity index (χ2n) is 7.91. The minimum Gasteiger partial charge on any atom is -0.337 e. The molecular formula is C22H22F6N2O. The van der Waals surface area contributed by atoms with Gasteiger partial charge in [0.1, 0.15) is 0 Å². The van der Waals surface area contributed by atoms with Crippen LogP contribution in [0.5, 0.6) is 0 Å². The van der Waals surface area contributed by atoms with Crippen LogP contribution in [0.2, 0.25) is 0 Å². The summed E-state index contributed by atoms with van der Waals surface area (Å²) in [4.78, 5) is 12.1. The lowest BCUT2D eigenvalue weighted by Crippen LogP contribution is -2.37. The molecule has 168 valence electrons. The highest BCUT2D eigenvalue weighted by Crippen LogP contribution is 2.37. The molecule has 9 heteroatoms. The van der Waals surface area contributed by atoms with Crippen LogP contribution in [0.1, 0.15) is 37.0 Å². The molecule has 0 bridgehead atoms. The number of alkyl halides is 6. The Morgan fingerprint density at radius 3 is 1.90 bits per heavy atom. The highest BCUT2D eigenvalue weighted by molar-refractivity contribution is 5.89. The van der Waals surface area contributed by atoms with Crippen LogP contribution in [0.3, 0.4) is 0 Å². The van der Waals surface area contributed by atoms with E-state index in [2.05, 4.69) is 17.2 Å². The Labute approximate surface area is 176 Å². The van der Waals surface area contributed by atoms with Crippen LogP contribution in [0.15, 0.2) is 55.1 Å². The Kier molecular flexibility index (Phi) is 7.08. The molecule has 0 fully saturated rings. The Hall–Kier alpha value is -2.97. The first-order valence-corrected chi connectivity index (χ1v) is 9.25. The molecule has 2 amide bonds. The number of hydrogen-bond donors (Lipinski definition) is 2. The predicted octanol–water partition coefficient (Wildman–Crippen LogP) is 6.98. The molecule has 0 spiro atoms. The fourth-order valence-electron chi connectivity index (χ4n) is 2.94. The molecule has 0 aliphatic carbocycles. The molecule has 0 aliphatic rings. The van der Waals surface area contributed by atoms with Crippen LogP contribution in [0.25, 0.3) is 5.57 Å². The van der Waals surface area contributed by atoms with E-state index >= 15 is 0 Å². The molecule has 0 heterocycles. The molecule has 0 aromatic heterocycles. The molecule has 0 saturated carbocycles. The molecule has 2 aromatic rings. The summed E-state index contributed by atoms with van der Waals surface area (Å²) >= 11 is 0. The van der Waals surface area contributed by atoms with Gasteiger partial charge in [-0.15, -0.1) is 0 Å². The lowest BCUT2D eigenvalue weighted by molar-refractivity contribution is -0.143. The van der Waals surface area contributed by atoms with Gasteiger partial charge in [0.05, 0.1) is 11.1 Å². The van der Waals surface area contributed by atoms with Crippen molar-refractivity contribution in [2.24, 2.45) is 5.41 Å². The number of carbonyl (C=O) groups excluding carboxylic acids is 1. The third-order valence-electron chi connectivity index (χ3n) is 4.45. The van der Waals surface area contributed by atoms with E-state index in [-0.39, 0.29) is 12.6 Å². The van der Waals surface area contributed by atoms with Gasteiger partial charge >= 0.3 is 18.4 Å². The average Bonchev–Trinajstić information content (AvgIpc) is 2.65. The maximum atomic E-state index is 12.9. The predicted molar refractivity (Wildman–Crippen MR) is 107 cm³/mol. The maximum absolute atomic E-state index is 12.9. The van der Waals surface area contributed by atoms with Crippen molar-refractivity contribution in [3.8, 4) is 0 Å². The van der Waals surface area contributed by atoms with Crippen molar-refractivity contribution >= 4 is 17.3 Å². The van der Waals surface area contributed by atoms with Gasteiger partial charge in [0.15, 0.2) is 0 Å². The van der Waals surface area contributed by atoms with Gasteiger partial charge in [-0.3, -0.25) is 0 Å². The van der Waals surface area contributed by atoms with Crippen molar-refractivity contribution < 1.29 is 31.1 Å². The normalized spacial score (nSPS) is 12.4. The van der Waals surface area contributed by atoms with Crippen LogP contribution < -0.4 is 10.6 Å².